The summed E-state index contributed by atoms with van der Waals surface area (Å²) in [4.78, 5) is 36.7. The van der Waals surface area contributed by atoms with E-state index in [1.807, 2.05) is 0 Å². The van der Waals surface area contributed by atoms with Gasteiger partial charge in [0.15, 0.2) is 0 Å². The van der Waals surface area contributed by atoms with E-state index in [0.717, 1.165) is 43.4 Å². The van der Waals surface area contributed by atoms with Crippen LogP contribution in [0.15, 0.2) is 0 Å². The van der Waals surface area contributed by atoms with Gasteiger partial charge in [-0.3, -0.25) is 19.3 Å². The van der Waals surface area contributed by atoms with E-state index in [4.69, 9.17) is 9.47 Å². The summed E-state index contributed by atoms with van der Waals surface area (Å²) in [6, 6.07) is 0. The number of amides is 2. The van der Waals surface area contributed by atoms with E-state index >= 15 is 0 Å². The number of esters is 1. The SMILES string of the molecule is CC(=O)O[C@H]1CC[C@@]2(C)[C@@H](CC[C@H]3[C@H]2CC[C@]2(C)[C@@H]4[C@H](C)[C@H](CC[C@@H](C)CN(C(C)=O)C(C)=O)O[C@@H]4C[C@@H]32)C1. The molecule has 5 fully saturated rings. The normalized spacial score (nSPS) is 45.4. The van der Waals surface area contributed by atoms with Crippen LogP contribution in [-0.4, -0.2) is 47.5 Å². The fourth-order valence-corrected chi connectivity index (χ4v) is 10.9. The third kappa shape index (κ3) is 5.10. The van der Waals surface area contributed by atoms with Crippen molar-refractivity contribution in [1.82, 2.24) is 4.90 Å². The van der Waals surface area contributed by atoms with Crippen LogP contribution in [0, 0.1) is 52.3 Å². The number of carbonyl (C=O) groups is 3. The second-order valence-corrected chi connectivity index (χ2v) is 14.9. The highest BCUT2D eigenvalue weighted by molar-refractivity contribution is 5.92. The molecule has 0 radical (unpaired) electrons. The first-order valence-corrected chi connectivity index (χ1v) is 16.0. The van der Waals surface area contributed by atoms with E-state index in [9.17, 15) is 14.4 Å². The van der Waals surface area contributed by atoms with Crippen molar-refractivity contribution in [3.8, 4) is 0 Å². The molecule has 1 saturated heterocycles. The van der Waals surface area contributed by atoms with E-state index < -0.39 is 0 Å². The zero-order valence-electron chi connectivity index (χ0n) is 25.5. The van der Waals surface area contributed by atoms with Crippen LogP contribution in [0.4, 0.5) is 0 Å². The summed E-state index contributed by atoms with van der Waals surface area (Å²) in [5.41, 5.74) is 0.751. The number of fused-ring (bicyclic) bond motifs is 7. The second kappa shape index (κ2) is 10.8. The van der Waals surface area contributed by atoms with Crippen molar-refractivity contribution in [3.05, 3.63) is 0 Å². The number of hydrogen-bond acceptors (Lipinski definition) is 5. The lowest BCUT2D eigenvalue weighted by molar-refractivity contribution is -0.160. The Labute approximate surface area is 236 Å². The fourth-order valence-electron chi connectivity index (χ4n) is 10.9. The summed E-state index contributed by atoms with van der Waals surface area (Å²) >= 11 is 0. The predicted molar refractivity (Wildman–Crippen MR) is 150 cm³/mol. The highest BCUT2D eigenvalue weighted by Crippen LogP contribution is 2.70. The van der Waals surface area contributed by atoms with Crippen LogP contribution in [0.2, 0.25) is 0 Å². The van der Waals surface area contributed by atoms with Crippen LogP contribution in [0.3, 0.4) is 0 Å². The summed E-state index contributed by atoms with van der Waals surface area (Å²) in [7, 11) is 0. The molecule has 220 valence electrons. The standard InChI is InChI=1S/C33H53NO5/c1-19(18-34(21(3)35)22(4)36)8-11-29-20(2)31-30(39-29)17-28-26-10-9-24-16-25(38-23(5)37)12-14-32(24,6)27(26)13-15-33(28,31)7/h19-20,24-31H,8-18H2,1-7H3/t19-,20-,24+,25+,26+,27-,28+,29+,30-,31-,32+,33+/m1/s1. The Bertz CT molecular complexity index is 952. The molecule has 0 aromatic carbocycles. The zero-order valence-corrected chi connectivity index (χ0v) is 25.5. The molecular weight excluding hydrogens is 490 g/mol. The maximum atomic E-state index is 11.8. The fraction of sp³-hybridized carbons (Fsp3) is 0.909. The zero-order chi connectivity index (χ0) is 28.3. The first-order chi connectivity index (χ1) is 18.3. The van der Waals surface area contributed by atoms with Gasteiger partial charge in [0, 0.05) is 27.3 Å². The smallest absolute Gasteiger partial charge is 0.302 e. The molecule has 0 spiro atoms. The molecule has 12 atom stereocenters. The van der Waals surface area contributed by atoms with Gasteiger partial charge in [-0.2, -0.15) is 0 Å². The van der Waals surface area contributed by atoms with Gasteiger partial charge >= 0.3 is 5.97 Å². The lowest BCUT2D eigenvalue weighted by Crippen LogP contribution is -2.54. The van der Waals surface area contributed by atoms with Crippen molar-refractivity contribution in [1.29, 1.82) is 0 Å². The van der Waals surface area contributed by atoms with Gasteiger partial charge in [0.05, 0.1) is 12.2 Å². The average Bonchev–Trinajstić information content (AvgIpc) is 3.33. The van der Waals surface area contributed by atoms with Gasteiger partial charge in [0.25, 0.3) is 0 Å². The molecule has 5 aliphatic rings. The lowest BCUT2D eigenvalue weighted by Gasteiger charge is -2.61. The van der Waals surface area contributed by atoms with Crippen LogP contribution < -0.4 is 0 Å². The molecule has 6 heteroatoms. The minimum atomic E-state index is -0.163. The maximum absolute atomic E-state index is 11.8. The van der Waals surface area contributed by atoms with Crippen LogP contribution in [0.25, 0.3) is 0 Å². The minimum Gasteiger partial charge on any atom is -0.463 e. The topological polar surface area (TPSA) is 72.9 Å². The number of imide groups is 1. The first kappa shape index (κ1) is 29.1. The highest BCUT2D eigenvalue weighted by atomic mass is 16.5. The van der Waals surface area contributed by atoms with Gasteiger partial charge in [0.2, 0.25) is 11.8 Å². The van der Waals surface area contributed by atoms with E-state index in [-0.39, 0.29) is 35.9 Å². The number of ether oxygens (including phenoxy) is 2. The monoisotopic (exact) mass is 543 g/mol. The molecule has 39 heavy (non-hydrogen) atoms. The second-order valence-electron chi connectivity index (χ2n) is 14.9. The van der Waals surface area contributed by atoms with Crippen molar-refractivity contribution < 1.29 is 23.9 Å². The van der Waals surface area contributed by atoms with Gasteiger partial charge in [-0.25, -0.2) is 0 Å². The maximum Gasteiger partial charge on any atom is 0.302 e. The quantitative estimate of drug-likeness (QED) is 0.362. The summed E-state index contributed by atoms with van der Waals surface area (Å²) in [5, 5.41) is 0. The van der Waals surface area contributed by atoms with E-state index in [1.54, 1.807) is 6.92 Å². The Morgan fingerprint density at radius 3 is 2.31 bits per heavy atom. The molecule has 1 aliphatic heterocycles. The third-order valence-electron chi connectivity index (χ3n) is 12.7. The first-order valence-electron chi connectivity index (χ1n) is 16.0. The summed E-state index contributed by atoms with van der Waals surface area (Å²) in [6.07, 6.45) is 12.5. The van der Waals surface area contributed by atoms with Gasteiger partial charge in [-0.1, -0.05) is 27.7 Å². The molecule has 0 unspecified atom stereocenters. The van der Waals surface area contributed by atoms with Crippen LogP contribution in [0.1, 0.15) is 113 Å². The van der Waals surface area contributed by atoms with E-state index in [1.165, 1.54) is 57.3 Å². The Balaban J connectivity index is 1.21. The van der Waals surface area contributed by atoms with E-state index in [0.29, 0.717) is 41.2 Å². The largest absolute Gasteiger partial charge is 0.463 e. The van der Waals surface area contributed by atoms with Crippen LogP contribution in [0.5, 0.6) is 0 Å². The number of hydrogen-bond donors (Lipinski definition) is 0. The Kier molecular flexibility index (Phi) is 8.02. The minimum absolute atomic E-state index is 0.124. The molecule has 5 rings (SSSR count). The molecule has 1 heterocycles. The van der Waals surface area contributed by atoms with Crippen molar-refractivity contribution in [2.45, 2.75) is 131 Å². The van der Waals surface area contributed by atoms with Gasteiger partial charge in [-0.05, 0) is 116 Å². The molecule has 0 bridgehead atoms. The van der Waals surface area contributed by atoms with Gasteiger partial charge < -0.3 is 9.47 Å². The molecule has 2 amide bonds. The van der Waals surface area contributed by atoms with Crippen LogP contribution in [-0.2, 0) is 23.9 Å². The summed E-state index contributed by atoms with van der Waals surface area (Å²) in [6.45, 7) is 14.8. The predicted octanol–water partition coefficient (Wildman–Crippen LogP) is 6.40. The molecule has 0 aromatic heterocycles. The highest BCUT2D eigenvalue weighted by Gasteiger charge is 2.65. The van der Waals surface area contributed by atoms with E-state index in [2.05, 4.69) is 27.7 Å². The Morgan fingerprint density at radius 1 is 0.949 bits per heavy atom. The van der Waals surface area contributed by atoms with Gasteiger partial charge in [-0.15, -0.1) is 0 Å². The molecule has 0 N–H and O–H groups in total. The molecule has 4 aliphatic carbocycles. The number of rotatable bonds is 6. The summed E-state index contributed by atoms with van der Waals surface area (Å²) in [5.74, 6) is 4.06. The van der Waals surface area contributed by atoms with Gasteiger partial charge in [0.1, 0.15) is 6.10 Å². The molecule has 6 nitrogen and oxygen atoms in total. The Morgan fingerprint density at radius 2 is 1.64 bits per heavy atom. The molecular formula is C33H53NO5. The molecule has 4 saturated carbocycles. The van der Waals surface area contributed by atoms with Crippen molar-refractivity contribution in [2.75, 3.05) is 6.54 Å². The average molecular weight is 544 g/mol. The van der Waals surface area contributed by atoms with Crippen molar-refractivity contribution in [2.24, 2.45) is 52.3 Å². The number of nitrogens with zero attached hydrogens (tertiary/aromatic N) is 1. The molecule has 0 aromatic rings. The van der Waals surface area contributed by atoms with Crippen molar-refractivity contribution >= 4 is 17.8 Å². The summed E-state index contributed by atoms with van der Waals surface area (Å²) < 4.78 is 12.5. The third-order valence-corrected chi connectivity index (χ3v) is 12.7. The Hall–Kier alpha value is -1.43. The van der Waals surface area contributed by atoms with Crippen LogP contribution >= 0.6 is 0 Å². The number of carbonyl (C=O) groups excluding carboxylic acids is 3. The van der Waals surface area contributed by atoms with Crippen molar-refractivity contribution in [3.63, 3.8) is 0 Å². The lowest BCUT2D eigenvalue weighted by atomic mass is 9.44.